The number of aliphatic carboxylic acids is 1. The first kappa shape index (κ1) is 31.0. The number of thiol groups is 1. The number of carboxylic acids is 1. The number of aromatic amines is 1. The second-order valence-electron chi connectivity index (χ2n) is 9.42. The highest BCUT2D eigenvalue weighted by Crippen LogP contribution is 2.19. The lowest BCUT2D eigenvalue weighted by molar-refractivity contribution is -0.141. The standard InChI is InChI=1S/C27H32N6O7S/c28-18(11-23(29)35)24(36)31-20(9-14-5-7-16(34)8-6-14)25(37)32-21(26(38)33-22(13-41)27(39)40)10-15-12-30-19-4-2-1-3-17(15)19/h1-8,12,18,20-22,30,34,41H,9-11,13,28H2,(H2,29,35)(H,31,36)(H,32,37)(H,33,38)(H,39,40). The van der Waals surface area contributed by atoms with Gasteiger partial charge in [0.15, 0.2) is 0 Å². The van der Waals surface area contributed by atoms with Gasteiger partial charge >= 0.3 is 5.97 Å². The largest absolute Gasteiger partial charge is 0.508 e. The zero-order valence-corrected chi connectivity index (χ0v) is 22.8. The minimum atomic E-state index is -1.32. The molecule has 3 rings (SSSR count). The molecule has 0 aliphatic heterocycles. The number of phenolic OH excluding ortho intramolecular Hbond substituents is 1. The molecular weight excluding hydrogens is 552 g/mol. The fraction of sp³-hybridized carbons (Fsp3) is 0.296. The highest BCUT2D eigenvalue weighted by molar-refractivity contribution is 7.80. The van der Waals surface area contributed by atoms with E-state index < -0.39 is 60.2 Å². The summed E-state index contributed by atoms with van der Waals surface area (Å²) in [6.45, 7) is 0. The van der Waals surface area contributed by atoms with E-state index in [1.165, 1.54) is 12.1 Å². The van der Waals surface area contributed by atoms with Gasteiger partial charge in [-0.3, -0.25) is 19.2 Å². The molecular formula is C27H32N6O7S. The zero-order chi connectivity index (χ0) is 30.1. The van der Waals surface area contributed by atoms with Crippen molar-refractivity contribution < 1.29 is 34.2 Å². The number of carbonyl (C=O) groups is 5. The van der Waals surface area contributed by atoms with Crippen LogP contribution in [0.3, 0.4) is 0 Å². The lowest BCUT2D eigenvalue weighted by Gasteiger charge is -2.25. The molecule has 0 saturated heterocycles. The molecule has 10 N–H and O–H groups in total. The summed E-state index contributed by atoms with van der Waals surface area (Å²) in [4.78, 5) is 65.4. The van der Waals surface area contributed by atoms with Gasteiger partial charge < -0.3 is 42.6 Å². The van der Waals surface area contributed by atoms with Gasteiger partial charge in [0.1, 0.15) is 23.9 Å². The number of nitrogens with two attached hydrogens (primary N) is 2. The van der Waals surface area contributed by atoms with Crippen LogP contribution in [0.2, 0.25) is 0 Å². The highest BCUT2D eigenvalue weighted by atomic mass is 32.1. The molecule has 41 heavy (non-hydrogen) atoms. The second-order valence-corrected chi connectivity index (χ2v) is 9.78. The van der Waals surface area contributed by atoms with Gasteiger partial charge in [-0.2, -0.15) is 12.6 Å². The monoisotopic (exact) mass is 584 g/mol. The number of fused-ring (bicyclic) bond motifs is 1. The Bertz CT molecular complexity index is 1410. The molecule has 13 nitrogen and oxygen atoms in total. The molecule has 0 saturated carbocycles. The van der Waals surface area contributed by atoms with Crippen LogP contribution in [0.5, 0.6) is 5.75 Å². The molecule has 0 spiro atoms. The van der Waals surface area contributed by atoms with Crippen LogP contribution in [0, 0.1) is 0 Å². The summed E-state index contributed by atoms with van der Waals surface area (Å²) in [5.41, 5.74) is 12.9. The maximum atomic E-state index is 13.6. The van der Waals surface area contributed by atoms with Gasteiger partial charge in [0, 0.05) is 35.7 Å². The fourth-order valence-corrected chi connectivity index (χ4v) is 4.37. The number of amides is 4. The second kappa shape index (κ2) is 14.2. The summed E-state index contributed by atoms with van der Waals surface area (Å²) < 4.78 is 0. The Morgan fingerprint density at radius 1 is 0.854 bits per heavy atom. The number of carbonyl (C=O) groups excluding carboxylic acids is 4. The number of benzene rings is 2. The zero-order valence-electron chi connectivity index (χ0n) is 21.9. The van der Waals surface area contributed by atoms with E-state index >= 15 is 0 Å². The Hall–Kier alpha value is -4.56. The molecule has 4 unspecified atom stereocenters. The van der Waals surface area contributed by atoms with Crippen LogP contribution in [-0.4, -0.2) is 74.7 Å². The van der Waals surface area contributed by atoms with E-state index in [2.05, 4.69) is 33.6 Å². The first-order valence-corrected chi connectivity index (χ1v) is 13.2. The molecule has 4 atom stereocenters. The number of rotatable bonds is 14. The van der Waals surface area contributed by atoms with Crippen LogP contribution < -0.4 is 27.4 Å². The lowest BCUT2D eigenvalue weighted by Crippen LogP contribution is -2.58. The molecule has 1 aromatic heterocycles. The third-order valence-corrected chi connectivity index (χ3v) is 6.66. The maximum Gasteiger partial charge on any atom is 0.327 e. The van der Waals surface area contributed by atoms with Crippen molar-refractivity contribution in [2.75, 3.05) is 5.75 Å². The lowest BCUT2D eigenvalue weighted by atomic mass is 10.0. The van der Waals surface area contributed by atoms with Crippen molar-refractivity contribution in [3.8, 4) is 5.75 Å². The van der Waals surface area contributed by atoms with Crippen molar-refractivity contribution >= 4 is 53.1 Å². The van der Waals surface area contributed by atoms with Gasteiger partial charge in [0.2, 0.25) is 23.6 Å². The highest BCUT2D eigenvalue weighted by Gasteiger charge is 2.31. The molecule has 1 heterocycles. The smallest absolute Gasteiger partial charge is 0.327 e. The Kier molecular flexibility index (Phi) is 10.7. The molecule has 2 aromatic carbocycles. The van der Waals surface area contributed by atoms with Crippen LogP contribution in [0.1, 0.15) is 17.5 Å². The average Bonchev–Trinajstić information content (AvgIpc) is 3.34. The van der Waals surface area contributed by atoms with Gasteiger partial charge in [0.05, 0.1) is 12.5 Å². The summed E-state index contributed by atoms with van der Waals surface area (Å²) in [5, 5.41) is 27.3. The maximum absolute atomic E-state index is 13.6. The molecule has 0 bridgehead atoms. The quantitative estimate of drug-likeness (QED) is 0.110. The summed E-state index contributed by atoms with van der Waals surface area (Å²) in [7, 11) is 0. The number of H-pyrrole nitrogens is 1. The van der Waals surface area contributed by atoms with Crippen LogP contribution in [-0.2, 0) is 36.8 Å². The number of nitrogens with one attached hydrogen (secondary N) is 4. The third-order valence-electron chi connectivity index (χ3n) is 6.30. The van der Waals surface area contributed by atoms with Crippen molar-refractivity contribution in [1.29, 1.82) is 0 Å². The number of carboxylic acid groups (broad SMARTS) is 1. The molecule has 218 valence electrons. The van der Waals surface area contributed by atoms with Crippen molar-refractivity contribution in [2.24, 2.45) is 11.5 Å². The van der Waals surface area contributed by atoms with Gasteiger partial charge in [-0.15, -0.1) is 0 Å². The van der Waals surface area contributed by atoms with Crippen molar-refractivity contribution in [1.82, 2.24) is 20.9 Å². The first-order valence-electron chi connectivity index (χ1n) is 12.6. The number of aromatic hydroxyl groups is 1. The first-order chi connectivity index (χ1) is 19.5. The van der Waals surface area contributed by atoms with Crippen molar-refractivity contribution in [2.45, 2.75) is 43.4 Å². The Balaban J connectivity index is 1.90. The number of hydrogen-bond acceptors (Lipinski definition) is 8. The van der Waals surface area contributed by atoms with E-state index in [0.717, 1.165) is 10.9 Å². The molecule has 0 fully saturated rings. The van der Waals surface area contributed by atoms with E-state index in [4.69, 9.17) is 11.5 Å². The van der Waals surface area contributed by atoms with E-state index in [9.17, 15) is 34.2 Å². The SMILES string of the molecule is NC(=O)CC(N)C(=O)NC(Cc1ccc(O)cc1)C(=O)NC(Cc1c[nH]c2ccccc12)C(=O)NC(CS)C(=O)O. The molecule has 0 aliphatic carbocycles. The summed E-state index contributed by atoms with van der Waals surface area (Å²) in [6.07, 6.45) is 1.16. The number of para-hydroxylation sites is 1. The van der Waals surface area contributed by atoms with E-state index in [-0.39, 0.29) is 24.3 Å². The number of aromatic nitrogens is 1. The van der Waals surface area contributed by atoms with Crippen LogP contribution in [0.4, 0.5) is 0 Å². The summed E-state index contributed by atoms with van der Waals surface area (Å²) in [5.74, 6) is -4.66. The Morgan fingerprint density at radius 3 is 2.05 bits per heavy atom. The minimum absolute atomic E-state index is 0.00472. The number of hydrogen-bond donors (Lipinski definition) is 9. The van der Waals surface area contributed by atoms with Gasteiger partial charge in [-0.1, -0.05) is 30.3 Å². The van der Waals surface area contributed by atoms with Crippen molar-refractivity contribution in [3.63, 3.8) is 0 Å². The molecule has 3 aromatic rings. The van der Waals surface area contributed by atoms with Crippen molar-refractivity contribution in [3.05, 3.63) is 65.9 Å². The fourth-order valence-electron chi connectivity index (χ4n) is 4.13. The van der Waals surface area contributed by atoms with Crippen LogP contribution in [0.15, 0.2) is 54.7 Å². The Morgan fingerprint density at radius 2 is 1.44 bits per heavy atom. The predicted octanol–water partition coefficient (Wildman–Crippen LogP) is -0.670. The number of primary amides is 1. The van der Waals surface area contributed by atoms with Crippen LogP contribution >= 0.6 is 12.6 Å². The topological polar surface area (TPSA) is 230 Å². The summed E-state index contributed by atoms with van der Waals surface area (Å²) >= 11 is 3.98. The van der Waals surface area contributed by atoms with E-state index in [1.54, 1.807) is 18.3 Å². The third kappa shape index (κ3) is 8.71. The molecule has 0 radical (unpaired) electrons. The van der Waals surface area contributed by atoms with Gasteiger partial charge in [0.25, 0.3) is 0 Å². The Labute approximate surface area is 240 Å². The predicted molar refractivity (Wildman–Crippen MR) is 153 cm³/mol. The van der Waals surface area contributed by atoms with E-state index in [1.807, 2.05) is 24.3 Å². The minimum Gasteiger partial charge on any atom is -0.508 e. The normalized spacial score (nSPS) is 13.9. The van der Waals surface area contributed by atoms with Gasteiger partial charge in [-0.05, 0) is 29.3 Å². The molecule has 0 aliphatic rings. The van der Waals surface area contributed by atoms with E-state index in [0.29, 0.717) is 11.1 Å². The molecule has 4 amide bonds. The number of phenols is 1. The summed E-state index contributed by atoms with van der Waals surface area (Å²) in [6, 6.07) is 8.08. The average molecular weight is 585 g/mol. The van der Waals surface area contributed by atoms with Gasteiger partial charge in [-0.25, -0.2) is 4.79 Å². The van der Waals surface area contributed by atoms with Crippen LogP contribution in [0.25, 0.3) is 10.9 Å². The molecule has 14 heteroatoms.